The average molecular weight is 361 g/mol. The van der Waals surface area contributed by atoms with Crippen molar-refractivity contribution in [3.8, 4) is 0 Å². The average Bonchev–Trinajstić information content (AvgIpc) is 2.85. The predicted molar refractivity (Wildman–Crippen MR) is 79.7 cm³/mol. The van der Waals surface area contributed by atoms with Gasteiger partial charge in [-0.3, -0.25) is 14.2 Å². The van der Waals surface area contributed by atoms with Crippen LogP contribution in [-0.4, -0.2) is 37.4 Å². The molecule has 6 nitrogen and oxygen atoms in total. The zero-order chi connectivity index (χ0) is 15.0. The Morgan fingerprint density at radius 2 is 2.10 bits per heavy atom. The van der Waals surface area contributed by atoms with E-state index in [4.69, 9.17) is 11.6 Å². The SMILES string of the molecule is Cc1c(Br)c(C(=O)N(C)Cc2c(Cl)cnn2C)nn1C. The molecule has 0 radical (unpaired) electrons. The van der Waals surface area contributed by atoms with Gasteiger partial charge in [0.1, 0.15) is 0 Å². The van der Waals surface area contributed by atoms with Crippen molar-refractivity contribution in [1.29, 1.82) is 0 Å². The van der Waals surface area contributed by atoms with Crippen molar-refractivity contribution < 1.29 is 4.79 Å². The van der Waals surface area contributed by atoms with Gasteiger partial charge in [0.05, 0.1) is 33.6 Å². The lowest BCUT2D eigenvalue weighted by molar-refractivity contribution is 0.0774. The molecule has 2 rings (SSSR count). The third-order valence-corrected chi connectivity index (χ3v) is 4.47. The number of amides is 1. The first-order chi connectivity index (χ1) is 9.32. The number of rotatable bonds is 3. The minimum Gasteiger partial charge on any atom is -0.334 e. The second kappa shape index (κ2) is 5.57. The molecule has 2 aromatic heterocycles. The summed E-state index contributed by atoms with van der Waals surface area (Å²) in [5, 5.41) is 8.83. The fraction of sp³-hybridized carbons (Fsp3) is 0.417. The molecule has 20 heavy (non-hydrogen) atoms. The topological polar surface area (TPSA) is 56.0 Å². The van der Waals surface area contributed by atoms with Crippen molar-refractivity contribution in [2.45, 2.75) is 13.5 Å². The van der Waals surface area contributed by atoms with Gasteiger partial charge >= 0.3 is 0 Å². The van der Waals surface area contributed by atoms with Crippen LogP contribution in [0.2, 0.25) is 5.02 Å². The number of aromatic nitrogens is 4. The number of carbonyl (C=O) groups excluding carboxylic acids is 1. The molecule has 0 atom stereocenters. The highest BCUT2D eigenvalue weighted by atomic mass is 79.9. The Balaban J connectivity index is 2.23. The fourth-order valence-electron chi connectivity index (χ4n) is 1.81. The third-order valence-electron chi connectivity index (χ3n) is 3.21. The lowest BCUT2D eigenvalue weighted by atomic mass is 10.3. The van der Waals surface area contributed by atoms with E-state index < -0.39 is 0 Å². The van der Waals surface area contributed by atoms with Crippen LogP contribution < -0.4 is 0 Å². The van der Waals surface area contributed by atoms with E-state index in [0.29, 0.717) is 21.7 Å². The van der Waals surface area contributed by atoms with E-state index in [1.807, 2.05) is 6.92 Å². The molecule has 8 heteroatoms. The molecule has 0 aliphatic rings. The van der Waals surface area contributed by atoms with Crippen LogP contribution in [0.25, 0.3) is 0 Å². The van der Waals surface area contributed by atoms with Gasteiger partial charge in [-0.1, -0.05) is 11.6 Å². The summed E-state index contributed by atoms with van der Waals surface area (Å²) in [6.45, 7) is 2.27. The lowest BCUT2D eigenvalue weighted by Crippen LogP contribution is -2.28. The van der Waals surface area contributed by atoms with E-state index in [1.165, 1.54) is 0 Å². The molecule has 0 aliphatic carbocycles. The van der Waals surface area contributed by atoms with Crippen molar-refractivity contribution in [1.82, 2.24) is 24.5 Å². The van der Waals surface area contributed by atoms with E-state index in [9.17, 15) is 4.79 Å². The van der Waals surface area contributed by atoms with Gasteiger partial charge in [-0.15, -0.1) is 0 Å². The first-order valence-electron chi connectivity index (χ1n) is 5.93. The number of hydrogen-bond donors (Lipinski definition) is 0. The van der Waals surface area contributed by atoms with Gasteiger partial charge in [-0.25, -0.2) is 0 Å². The summed E-state index contributed by atoms with van der Waals surface area (Å²) in [4.78, 5) is 14.0. The minimum absolute atomic E-state index is 0.169. The molecule has 0 N–H and O–H groups in total. The molecular formula is C12H15BrClN5O. The molecule has 0 aliphatic heterocycles. The highest BCUT2D eigenvalue weighted by molar-refractivity contribution is 9.10. The first-order valence-corrected chi connectivity index (χ1v) is 7.11. The highest BCUT2D eigenvalue weighted by Crippen LogP contribution is 2.22. The summed E-state index contributed by atoms with van der Waals surface area (Å²) in [5.41, 5.74) is 2.08. The zero-order valence-corrected chi connectivity index (χ0v) is 14.0. The second-order valence-corrected chi connectivity index (χ2v) is 5.80. The van der Waals surface area contributed by atoms with E-state index in [0.717, 1.165) is 11.4 Å². The highest BCUT2D eigenvalue weighted by Gasteiger charge is 2.22. The van der Waals surface area contributed by atoms with Crippen LogP contribution in [0.4, 0.5) is 0 Å². The number of aryl methyl sites for hydroxylation is 2. The van der Waals surface area contributed by atoms with Gasteiger partial charge in [-0.05, 0) is 22.9 Å². The van der Waals surface area contributed by atoms with Gasteiger partial charge in [0, 0.05) is 21.1 Å². The molecule has 108 valence electrons. The van der Waals surface area contributed by atoms with Crippen LogP contribution in [0.1, 0.15) is 21.9 Å². The number of nitrogens with zero attached hydrogens (tertiary/aromatic N) is 5. The normalized spacial score (nSPS) is 10.9. The number of halogens is 2. The Morgan fingerprint density at radius 3 is 2.55 bits per heavy atom. The second-order valence-electron chi connectivity index (χ2n) is 4.60. The maximum absolute atomic E-state index is 12.4. The van der Waals surface area contributed by atoms with Gasteiger partial charge in [0.15, 0.2) is 5.69 Å². The van der Waals surface area contributed by atoms with Crippen LogP contribution in [0.15, 0.2) is 10.7 Å². The smallest absolute Gasteiger partial charge is 0.275 e. The molecule has 0 unspecified atom stereocenters. The maximum Gasteiger partial charge on any atom is 0.275 e. The van der Waals surface area contributed by atoms with Gasteiger partial charge in [-0.2, -0.15) is 10.2 Å². The van der Waals surface area contributed by atoms with Crippen LogP contribution in [0, 0.1) is 6.92 Å². The van der Waals surface area contributed by atoms with Crippen LogP contribution in [-0.2, 0) is 20.6 Å². The summed E-state index contributed by atoms with van der Waals surface area (Å²) in [5.74, 6) is -0.169. The Hall–Kier alpha value is -1.34. The summed E-state index contributed by atoms with van der Waals surface area (Å²) in [7, 11) is 5.30. The molecule has 0 saturated heterocycles. The molecule has 2 heterocycles. The molecule has 0 spiro atoms. The maximum atomic E-state index is 12.4. The summed E-state index contributed by atoms with van der Waals surface area (Å²) in [6.07, 6.45) is 1.57. The Kier molecular flexibility index (Phi) is 4.19. The Labute approximate surface area is 130 Å². The van der Waals surface area contributed by atoms with E-state index in [-0.39, 0.29) is 5.91 Å². The van der Waals surface area contributed by atoms with Gasteiger partial charge in [0.2, 0.25) is 0 Å². The summed E-state index contributed by atoms with van der Waals surface area (Å²) in [6, 6.07) is 0. The minimum atomic E-state index is -0.169. The zero-order valence-electron chi connectivity index (χ0n) is 11.7. The standard InChI is InChI=1S/C12H15BrClN5O/c1-7-10(13)11(16-18(7)3)12(20)17(2)6-9-8(14)5-15-19(9)4/h5H,6H2,1-4H3. The van der Waals surface area contributed by atoms with Crippen molar-refractivity contribution in [3.63, 3.8) is 0 Å². The third kappa shape index (κ3) is 2.60. The largest absolute Gasteiger partial charge is 0.334 e. The van der Waals surface area contributed by atoms with E-state index in [2.05, 4.69) is 26.1 Å². The molecule has 2 aromatic rings. The molecule has 1 amide bonds. The van der Waals surface area contributed by atoms with E-state index in [1.54, 1.807) is 41.6 Å². The van der Waals surface area contributed by atoms with Crippen LogP contribution in [0.5, 0.6) is 0 Å². The number of hydrogen-bond acceptors (Lipinski definition) is 3. The summed E-state index contributed by atoms with van der Waals surface area (Å²) >= 11 is 9.45. The Morgan fingerprint density at radius 1 is 1.45 bits per heavy atom. The molecule has 0 fully saturated rings. The van der Waals surface area contributed by atoms with Crippen molar-refractivity contribution in [2.24, 2.45) is 14.1 Å². The first kappa shape index (κ1) is 15.1. The molecular weight excluding hydrogens is 346 g/mol. The molecule has 0 bridgehead atoms. The predicted octanol–water partition coefficient (Wildman–Crippen LogP) is 2.15. The van der Waals surface area contributed by atoms with Crippen molar-refractivity contribution in [3.05, 3.63) is 32.8 Å². The quantitative estimate of drug-likeness (QED) is 0.843. The summed E-state index contributed by atoms with van der Waals surface area (Å²) < 4.78 is 4.04. The van der Waals surface area contributed by atoms with Crippen LogP contribution >= 0.6 is 27.5 Å². The Bertz CT molecular complexity index is 644. The molecule has 0 saturated carbocycles. The van der Waals surface area contributed by atoms with E-state index >= 15 is 0 Å². The monoisotopic (exact) mass is 359 g/mol. The van der Waals surface area contributed by atoms with Crippen LogP contribution in [0.3, 0.4) is 0 Å². The van der Waals surface area contributed by atoms with Crippen molar-refractivity contribution in [2.75, 3.05) is 7.05 Å². The number of carbonyl (C=O) groups is 1. The lowest BCUT2D eigenvalue weighted by Gasteiger charge is -2.16. The van der Waals surface area contributed by atoms with Gasteiger partial charge in [0.25, 0.3) is 5.91 Å². The fourth-order valence-corrected chi connectivity index (χ4v) is 2.54. The van der Waals surface area contributed by atoms with Crippen molar-refractivity contribution >= 4 is 33.4 Å². The molecule has 0 aromatic carbocycles. The van der Waals surface area contributed by atoms with Gasteiger partial charge < -0.3 is 4.90 Å².